The molecule has 0 heterocycles. The second kappa shape index (κ2) is 9.86. The molecule has 2 aromatic carbocycles. The minimum atomic E-state index is 0.795. The average Bonchev–Trinajstić information content (AvgIpc) is 2.62. The van der Waals surface area contributed by atoms with Crippen molar-refractivity contribution in [1.82, 2.24) is 0 Å². The number of unbranched alkanes of at least 4 members (excludes halogenated alkanes) is 1. The lowest BCUT2D eigenvalue weighted by Crippen LogP contribution is -1.85. The quantitative estimate of drug-likeness (QED) is 0.309. The van der Waals surface area contributed by atoms with E-state index < -0.39 is 0 Å². The first-order valence-corrected chi connectivity index (χ1v) is 9.67. The van der Waals surface area contributed by atoms with Gasteiger partial charge in [0.05, 0.1) is 5.03 Å². The van der Waals surface area contributed by atoms with Crippen LogP contribution >= 0.6 is 27.5 Å². The Morgan fingerprint density at radius 2 is 1.62 bits per heavy atom. The van der Waals surface area contributed by atoms with Crippen molar-refractivity contribution in [3.63, 3.8) is 0 Å². The molecule has 0 aliphatic carbocycles. The maximum atomic E-state index is 6.50. The van der Waals surface area contributed by atoms with Gasteiger partial charge >= 0.3 is 0 Å². The number of aryl methyl sites for hydroxylation is 1. The fourth-order valence-electron chi connectivity index (χ4n) is 2.63. The van der Waals surface area contributed by atoms with E-state index in [9.17, 15) is 0 Å². The molecule has 126 valence electrons. The third-order valence-corrected chi connectivity index (χ3v) is 5.47. The lowest BCUT2D eigenvalue weighted by molar-refractivity contribution is 0.866. The van der Waals surface area contributed by atoms with Crippen molar-refractivity contribution in [3.05, 3.63) is 76.8 Å². The van der Waals surface area contributed by atoms with E-state index in [-0.39, 0.29) is 0 Å². The second-order valence-corrected chi connectivity index (χ2v) is 7.26. The van der Waals surface area contributed by atoms with Crippen molar-refractivity contribution in [2.75, 3.05) is 0 Å². The molecular weight excluding hydrogens is 380 g/mol. The minimum absolute atomic E-state index is 0.795. The van der Waals surface area contributed by atoms with Gasteiger partial charge in [-0.2, -0.15) is 0 Å². The van der Waals surface area contributed by atoms with Crippen LogP contribution in [0.1, 0.15) is 43.7 Å². The maximum absolute atomic E-state index is 6.50. The predicted octanol–water partition coefficient (Wildman–Crippen LogP) is 7.96. The summed E-state index contributed by atoms with van der Waals surface area (Å²) in [5, 5.41) is 0.795. The van der Waals surface area contributed by atoms with Gasteiger partial charge in [0.1, 0.15) is 0 Å². The molecule has 0 radical (unpaired) electrons. The van der Waals surface area contributed by atoms with Gasteiger partial charge in [-0.25, -0.2) is 0 Å². The first kappa shape index (κ1) is 19.0. The molecule has 2 heteroatoms. The number of allylic oxidation sites excluding steroid dienone is 2. The molecule has 2 rings (SSSR count). The van der Waals surface area contributed by atoms with Crippen molar-refractivity contribution in [2.45, 2.75) is 39.0 Å². The minimum Gasteiger partial charge on any atom is -0.103 e. The van der Waals surface area contributed by atoms with Gasteiger partial charge < -0.3 is 0 Å². The zero-order chi connectivity index (χ0) is 17.4. The largest absolute Gasteiger partial charge is 0.103 e. The summed E-state index contributed by atoms with van der Waals surface area (Å²) in [5.41, 5.74) is 4.90. The molecule has 0 amide bonds. The first-order valence-electron chi connectivity index (χ1n) is 8.50. The van der Waals surface area contributed by atoms with E-state index in [0.29, 0.717) is 0 Å². The standard InChI is InChI=1S/C22H24BrCl/c1-3-5-6-8-21(23)22(24)20-15-13-19(14-16-20)18-11-9-17(7-4-2)10-12-18/h3,9-16H,1,4-8H2,2H3/b22-21-. The van der Waals surface area contributed by atoms with Gasteiger partial charge in [0, 0.05) is 4.48 Å². The van der Waals surface area contributed by atoms with Crippen molar-refractivity contribution in [1.29, 1.82) is 0 Å². The molecule has 0 fully saturated rings. The van der Waals surface area contributed by atoms with Crippen LogP contribution in [0.25, 0.3) is 16.2 Å². The van der Waals surface area contributed by atoms with Gasteiger partial charge in [-0.1, -0.05) is 95.5 Å². The van der Waals surface area contributed by atoms with Crippen LogP contribution in [-0.2, 0) is 6.42 Å². The van der Waals surface area contributed by atoms with E-state index in [0.717, 1.165) is 40.8 Å². The van der Waals surface area contributed by atoms with Crippen LogP contribution in [0.4, 0.5) is 0 Å². The molecule has 0 aliphatic heterocycles. The fourth-order valence-corrected chi connectivity index (χ4v) is 3.36. The van der Waals surface area contributed by atoms with E-state index >= 15 is 0 Å². The third-order valence-electron chi connectivity index (χ3n) is 4.01. The fraction of sp³-hybridized carbons (Fsp3) is 0.273. The van der Waals surface area contributed by atoms with Crippen molar-refractivity contribution >= 4 is 32.6 Å². The molecule has 0 N–H and O–H groups in total. The summed E-state index contributed by atoms with van der Waals surface area (Å²) in [5.74, 6) is 0. The Hall–Kier alpha value is -1.31. The lowest BCUT2D eigenvalue weighted by Gasteiger charge is -2.07. The third kappa shape index (κ3) is 5.36. The molecule has 0 unspecified atom stereocenters. The molecule has 0 aromatic heterocycles. The van der Waals surface area contributed by atoms with Gasteiger partial charge in [-0.15, -0.1) is 6.58 Å². The van der Waals surface area contributed by atoms with Gasteiger partial charge in [-0.3, -0.25) is 0 Å². The SMILES string of the molecule is C=CCCC/C(Br)=C(/Cl)c1ccc(-c2ccc(CCC)cc2)cc1. The molecule has 2 aromatic rings. The monoisotopic (exact) mass is 402 g/mol. The summed E-state index contributed by atoms with van der Waals surface area (Å²) >= 11 is 10.1. The normalized spacial score (nSPS) is 12.0. The zero-order valence-corrected chi connectivity index (χ0v) is 16.5. The van der Waals surface area contributed by atoms with Gasteiger partial charge in [0.2, 0.25) is 0 Å². The van der Waals surface area contributed by atoms with E-state index in [2.05, 4.69) is 78.0 Å². The molecule has 0 saturated heterocycles. The van der Waals surface area contributed by atoms with Gasteiger partial charge in [0.15, 0.2) is 0 Å². The Balaban J connectivity index is 2.12. The van der Waals surface area contributed by atoms with Crippen LogP contribution in [0, 0.1) is 0 Å². The Bertz CT molecular complexity index is 681. The molecule has 0 spiro atoms. The lowest BCUT2D eigenvalue weighted by atomic mass is 10.0. The Morgan fingerprint density at radius 1 is 1.04 bits per heavy atom. The van der Waals surface area contributed by atoms with E-state index in [1.54, 1.807) is 0 Å². The Labute approximate surface area is 159 Å². The average molecular weight is 404 g/mol. The summed E-state index contributed by atoms with van der Waals surface area (Å²) in [7, 11) is 0. The molecule has 24 heavy (non-hydrogen) atoms. The Morgan fingerprint density at radius 3 is 2.17 bits per heavy atom. The van der Waals surface area contributed by atoms with Crippen LogP contribution in [-0.4, -0.2) is 0 Å². The topological polar surface area (TPSA) is 0 Å². The highest BCUT2D eigenvalue weighted by Gasteiger charge is 2.06. The number of hydrogen-bond donors (Lipinski definition) is 0. The van der Waals surface area contributed by atoms with Crippen molar-refractivity contribution in [2.24, 2.45) is 0 Å². The highest BCUT2D eigenvalue weighted by molar-refractivity contribution is 9.11. The summed E-state index contributed by atoms with van der Waals surface area (Å²) in [6.07, 6.45) is 7.26. The van der Waals surface area contributed by atoms with Gasteiger partial charge in [-0.05, 0) is 47.9 Å². The predicted molar refractivity (Wildman–Crippen MR) is 112 cm³/mol. The molecule has 0 saturated carbocycles. The van der Waals surface area contributed by atoms with Crippen LogP contribution in [0.15, 0.2) is 65.7 Å². The summed E-state index contributed by atoms with van der Waals surface area (Å²) in [6, 6.07) is 17.3. The molecule has 0 atom stereocenters. The maximum Gasteiger partial charge on any atom is 0.0579 e. The summed E-state index contributed by atoms with van der Waals surface area (Å²) in [6.45, 7) is 5.96. The highest BCUT2D eigenvalue weighted by Crippen LogP contribution is 2.31. The van der Waals surface area contributed by atoms with Crippen molar-refractivity contribution in [3.8, 4) is 11.1 Å². The zero-order valence-electron chi connectivity index (χ0n) is 14.2. The highest BCUT2D eigenvalue weighted by atomic mass is 79.9. The molecule has 0 aliphatic rings. The second-order valence-electron chi connectivity index (χ2n) is 5.92. The van der Waals surface area contributed by atoms with Crippen LogP contribution < -0.4 is 0 Å². The Kier molecular flexibility index (Phi) is 7.81. The smallest absolute Gasteiger partial charge is 0.0579 e. The van der Waals surface area contributed by atoms with Crippen molar-refractivity contribution < 1.29 is 0 Å². The summed E-state index contributed by atoms with van der Waals surface area (Å²) in [4.78, 5) is 0. The summed E-state index contributed by atoms with van der Waals surface area (Å²) < 4.78 is 1.06. The number of halogens is 2. The first-order chi connectivity index (χ1) is 11.7. The van der Waals surface area contributed by atoms with E-state index in [1.807, 2.05) is 6.08 Å². The number of rotatable bonds is 8. The van der Waals surface area contributed by atoms with Crippen LogP contribution in [0.5, 0.6) is 0 Å². The van der Waals surface area contributed by atoms with E-state index in [1.165, 1.54) is 23.1 Å². The molecule has 0 nitrogen and oxygen atoms in total. The van der Waals surface area contributed by atoms with E-state index in [4.69, 9.17) is 11.6 Å². The number of hydrogen-bond acceptors (Lipinski definition) is 0. The van der Waals surface area contributed by atoms with Crippen LogP contribution in [0.2, 0.25) is 0 Å². The molecule has 0 bridgehead atoms. The van der Waals surface area contributed by atoms with Gasteiger partial charge in [0.25, 0.3) is 0 Å². The van der Waals surface area contributed by atoms with Crippen LogP contribution in [0.3, 0.4) is 0 Å². The number of benzene rings is 2. The molecular formula is C22H24BrCl.